The van der Waals surface area contributed by atoms with Crippen LogP contribution in [0.4, 0.5) is 0 Å². The lowest BCUT2D eigenvalue weighted by atomic mass is 9.98. The fourth-order valence-electron chi connectivity index (χ4n) is 3.49. The zero-order valence-corrected chi connectivity index (χ0v) is 20.9. The molecular formula is C27H41NO5. The molecule has 33 heavy (non-hydrogen) atoms. The van der Waals surface area contributed by atoms with Crippen molar-refractivity contribution in [3.05, 3.63) is 41.5 Å². The highest BCUT2D eigenvalue weighted by atomic mass is 16.7. The van der Waals surface area contributed by atoms with Gasteiger partial charge >= 0.3 is 5.97 Å². The Morgan fingerprint density at radius 3 is 2.39 bits per heavy atom. The summed E-state index contributed by atoms with van der Waals surface area (Å²) >= 11 is 0. The van der Waals surface area contributed by atoms with Crippen LogP contribution in [0.25, 0.3) is 6.08 Å². The molecule has 1 N–H and O–H groups in total. The number of ether oxygens (including phenoxy) is 3. The van der Waals surface area contributed by atoms with E-state index < -0.39 is 11.8 Å². The molecule has 0 radical (unpaired) electrons. The molecule has 0 bridgehead atoms. The largest absolute Gasteiger partial charge is 0.461 e. The maximum atomic E-state index is 12.7. The topological polar surface area (TPSA) is 73.9 Å². The summed E-state index contributed by atoms with van der Waals surface area (Å²) < 4.78 is 16.7. The van der Waals surface area contributed by atoms with Crippen LogP contribution < -0.4 is 5.32 Å². The summed E-state index contributed by atoms with van der Waals surface area (Å²) in [5, 5.41) is 3.37. The third kappa shape index (κ3) is 9.78. The minimum Gasteiger partial charge on any atom is -0.461 e. The first-order valence-electron chi connectivity index (χ1n) is 12.2. The number of benzene rings is 1. The molecule has 0 amide bonds. The third-order valence-electron chi connectivity index (χ3n) is 5.98. The van der Waals surface area contributed by atoms with E-state index in [2.05, 4.69) is 19.2 Å². The van der Waals surface area contributed by atoms with Crippen molar-refractivity contribution >= 4 is 17.8 Å². The van der Waals surface area contributed by atoms with Crippen LogP contribution in [0, 0.1) is 5.92 Å². The molecule has 2 rings (SSSR count). The smallest absolute Gasteiger partial charge is 0.326 e. The average Bonchev–Trinajstić information content (AvgIpc) is 3.32. The quantitative estimate of drug-likeness (QED) is 0.238. The molecule has 0 aromatic heterocycles. The fraction of sp³-hybridized carbons (Fsp3) is 0.630. The van der Waals surface area contributed by atoms with E-state index in [1.807, 2.05) is 38.1 Å². The van der Waals surface area contributed by atoms with Crippen LogP contribution in [0.2, 0.25) is 0 Å². The highest BCUT2D eigenvalue weighted by Crippen LogP contribution is 2.24. The van der Waals surface area contributed by atoms with Crippen LogP contribution in [0.3, 0.4) is 0 Å². The van der Waals surface area contributed by atoms with Gasteiger partial charge in [0.15, 0.2) is 12.1 Å². The molecule has 2 atom stereocenters. The SMILES string of the molecule is CC[C@](C)(NCc1ccc(/C=C/C(=O)COC(C)OCC(C)C)cc1)C(=O)OC1CCCC1. The molecule has 184 valence electrons. The number of carbonyl (C=O) groups is 2. The van der Waals surface area contributed by atoms with Gasteiger partial charge in [-0.25, -0.2) is 0 Å². The van der Waals surface area contributed by atoms with Crippen molar-refractivity contribution in [2.75, 3.05) is 13.2 Å². The third-order valence-corrected chi connectivity index (χ3v) is 5.98. The molecule has 6 nitrogen and oxygen atoms in total. The van der Waals surface area contributed by atoms with E-state index in [1.165, 1.54) is 6.08 Å². The van der Waals surface area contributed by atoms with E-state index in [-0.39, 0.29) is 24.5 Å². The number of ketones is 1. The molecule has 0 aliphatic heterocycles. The van der Waals surface area contributed by atoms with Gasteiger partial charge in [-0.05, 0) is 69.1 Å². The van der Waals surface area contributed by atoms with E-state index >= 15 is 0 Å². The molecule has 1 aliphatic carbocycles. The monoisotopic (exact) mass is 459 g/mol. The maximum Gasteiger partial charge on any atom is 0.326 e. The summed E-state index contributed by atoms with van der Waals surface area (Å²) in [7, 11) is 0. The van der Waals surface area contributed by atoms with Gasteiger partial charge in [-0.1, -0.05) is 51.1 Å². The molecular weight excluding hydrogens is 418 g/mol. The summed E-state index contributed by atoms with van der Waals surface area (Å²) in [5.41, 5.74) is 1.28. The lowest BCUT2D eigenvalue weighted by Gasteiger charge is -2.29. The minimum atomic E-state index is -0.705. The fourth-order valence-corrected chi connectivity index (χ4v) is 3.49. The maximum absolute atomic E-state index is 12.7. The van der Waals surface area contributed by atoms with Gasteiger partial charge in [-0.3, -0.25) is 14.9 Å². The van der Waals surface area contributed by atoms with Gasteiger partial charge in [0.25, 0.3) is 0 Å². The van der Waals surface area contributed by atoms with Crippen LogP contribution in [-0.2, 0) is 30.3 Å². The number of rotatable bonds is 14. The van der Waals surface area contributed by atoms with E-state index in [0.717, 1.165) is 36.8 Å². The molecule has 1 unspecified atom stereocenters. The van der Waals surface area contributed by atoms with Crippen LogP contribution in [0.1, 0.15) is 77.8 Å². The minimum absolute atomic E-state index is 0.00960. The molecule has 6 heteroatoms. The second kappa shape index (κ2) is 13.6. The Kier molecular flexibility index (Phi) is 11.2. The zero-order valence-electron chi connectivity index (χ0n) is 20.9. The predicted octanol–water partition coefficient (Wildman–Crippen LogP) is 5.05. The van der Waals surface area contributed by atoms with Crippen molar-refractivity contribution in [3.63, 3.8) is 0 Å². The first-order valence-corrected chi connectivity index (χ1v) is 12.2. The highest BCUT2D eigenvalue weighted by molar-refractivity contribution is 5.94. The van der Waals surface area contributed by atoms with Crippen molar-refractivity contribution in [2.24, 2.45) is 5.92 Å². The van der Waals surface area contributed by atoms with Gasteiger partial charge in [-0.2, -0.15) is 0 Å². The van der Waals surface area contributed by atoms with Crippen LogP contribution in [-0.4, -0.2) is 42.9 Å². The standard InChI is InChI=1S/C27H41NO5/c1-6-27(5,26(30)33-25-9-7-8-10-25)28-17-23-13-11-22(12-14-23)15-16-24(29)19-32-21(4)31-18-20(2)3/h11-16,20-21,25,28H,6-10,17-19H2,1-5H3/b16-15+/t21?,27-/m0/s1. The van der Waals surface area contributed by atoms with Crippen molar-refractivity contribution in [1.29, 1.82) is 0 Å². The molecule has 1 saturated carbocycles. The van der Waals surface area contributed by atoms with Crippen molar-refractivity contribution < 1.29 is 23.8 Å². The van der Waals surface area contributed by atoms with Gasteiger partial charge in [-0.15, -0.1) is 0 Å². The summed E-state index contributed by atoms with van der Waals surface area (Å²) in [6.45, 7) is 11.0. The lowest BCUT2D eigenvalue weighted by molar-refractivity contribution is -0.156. The van der Waals surface area contributed by atoms with Crippen molar-refractivity contribution in [2.45, 2.75) is 91.2 Å². The number of hydrogen-bond acceptors (Lipinski definition) is 6. The Balaban J connectivity index is 1.79. The summed E-state index contributed by atoms with van der Waals surface area (Å²) in [6.07, 6.45) is 7.85. The molecule has 1 aromatic carbocycles. The van der Waals surface area contributed by atoms with Gasteiger partial charge in [0.2, 0.25) is 0 Å². The van der Waals surface area contributed by atoms with Crippen molar-refractivity contribution in [3.8, 4) is 0 Å². The van der Waals surface area contributed by atoms with E-state index in [9.17, 15) is 9.59 Å². The van der Waals surface area contributed by atoms with Gasteiger partial charge < -0.3 is 14.2 Å². The Hall–Kier alpha value is -2.02. The number of esters is 1. The number of carbonyl (C=O) groups excluding carboxylic acids is 2. The number of nitrogens with one attached hydrogen (secondary N) is 1. The van der Waals surface area contributed by atoms with Crippen LogP contribution >= 0.6 is 0 Å². The van der Waals surface area contributed by atoms with Gasteiger partial charge in [0.1, 0.15) is 18.2 Å². The van der Waals surface area contributed by atoms with Crippen molar-refractivity contribution in [1.82, 2.24) is 5.32 Å². The summed E-state index contributed by atoms with van der Waals surface area (Å²) in [6, 6.07) is 7.90. The van der Waals surface area contributed by atoms with Crippen LogP contribution in [0.15, 0.2) is 30.3 Å². The number of hydrogen-bond donors (Lipinski definition) is 1. The first-order chi connectivity index (χ1) is 15.7. The molecule has 0 spiro atoms. The first kappa shape index (κ1) is 27.2. The summed E-state index contributed by atoms with van der Waals surface area (Å²) in [4.78, 5) is 24.7. The normalized spacial score (nSPS) is 17.4. The zero-order chi connectivity index (χ0) is 24.3. The van der Waals surface area contributed by atoms with Gasteiger partial charge in [0.05, 0.1) is 6.61 Å². The Morgan fingerprint density at radius 1 is 1.12 bits per heavy atom. The molecule has 1 aromatic rings. The molecule has 1 aliphatic rings. The van der Waals surface area contributed by atoms with Crippen LogP contribution in [0.5, 0.6) is 0 Å². The second-order valence-corrected chi connectivity index (χ2v) is 9.50. The lowest BCUT2D eigenvalue weighted by Crippen LogP contribution is -2.50. The molecule has 0 heterocycles. The Morgan fingerprint density at radius 2 is 1.79 bits per heavy atom. The van der Waals surface area contributed by atoms with Gasteiger partial charge in [0, 0.05) is 6.54 Å². The predicted molar refractivity (Wildman–Crippen MR) is 131 cm³/mol. The molecule has 1 fully saturated rings. The summed E-state index contributed by atoms with van der Waals surface area (Å²) in [5.74, 6) is 0.146. The van der Waals surface area contributed by atoms with E-state index in [0.29, 0.717) is 25.5 Å². The second-order valence-electron chi connectivity index (χ2n) is 9.50. The van der Waals surface area contributed by atoms with E-state index in [1.54, 1.807) is 13.0 Å². The molecule has 0 saturated heterocycles. The average molecular weight is 460 g/mol. The Labute approximate surface area is 199 Å². The Bertz CT molecular complexity index is 767. The van der Waals surface area contributed by atoms with E-state index in [4.69, 9.17) is 14.2 Å². The highest BCUT2D eigenvalue weighted by Gasteiger charge is 2.34.